The smallest absolute Gasteiger partial charge is 0.542 e. The molecule has 0 aromatic heterocycles. The SMILES string of the molecule is C=C(F)C(=O)OCC(=O)OC(C(F)(F)F)C(F)(F)F.C=C(F)C(=O)[O-].CC(O)C(F)(F)F.O=C(Br)CBr.O=C(CBr)OC(C(F)(F)F)C(F)(F)F.[Na+]. The summed E-state index contributed by atoms with van der Waals surface area (Å²) in [5.41, 5.74) is 0. The minimum Gasteiger partial charge on any atom is -0.542 e. The van der Waals surface area contributed by atoms with Gasteiger partial charge in [-0.15, -0.1) is 0 Å². The summed E-state index contributed by atoms with van der Waals surface area (Å²) in [6.45, 7) is 3.91. The van der Waals surface area contributed by atoms with E-state index in [4.69, 9.17) is 15.0 Å². The number of carbonyl (C=O) groups is 5. The van der Waals surface area contributed by atoms with Crippen LogP contribution in [0, 0.1) is 0 Å². The van der Waals surface area contributed by atoms with Crippen LogP contribution in [0.1, 0.15) is 6.92 Å². The second kappa shape index (κ2) is 27.8. The van der Waals surface area contributed by atoms with Crippen molar-refractivity contribution in [2.24, 2.45) is 0 Å². The first-order valence-corrected chi connectivity index (χ1v) is 14.1. The summed E-state index contributed by atoms with van der Waals surface area (Å²) in [5.74, 6) is -10.6. The van der Waals surface area contributed by atoms with Crippen LogP contribution < -0.4 is 34.7 Å². The van der Waals surface area contributed by atoms with Crippen LogP contribution in [0.3, 0.4) is 0 Å². The minimum atomic E-state index is -5.89. The summed E-state index contributed by atoms with van der Waals surface area (Å²) in [4.78, 5) is 50.0. The summed E-state index contributed by atoms with van der Waals surface area (Å²) in [6, 6.07) is 0. The minimum absolute atomic E-state index is 0. The van der Waals surface area contributed by atoms with Crippen LogP contribution in [0.15, 0.2) is 24.8 Å². The van der Waals surface area contributed by atoms with Crippen LogP contribution in [-0.2, 0) is 38.2 Å². The van der Waals surface area contributed by atoms with Crippen molar-refractivity contribution in [3.05, 3.63) is 24.8 Å². The molecule has 0 aliphatic rings. The van der Waals surface area contributed by atoms with Gasteiger partial charge in [0, 0.05) is 0 Å². The van der Waals surface area contributed by atoms with Gasteiger partial charge in [0.15, 0.2) is 6.61 Å². The summed E-state index contributed by atoms with van der Waals surface area (Å²) in [6.07, 6.45) is -38.2. The molecule has 302 valence electrons. The molecular formula is C21H17Br3F17NaO10. The molecule has 0 heterocycles. The van der Waals surface area contributed by atoms with Crippen LogP contribution in [0.2, 0.25) is 0 Å². The molecule has 10 nitrogen and oxygen atoms in total. The standard InChI is InChI=1S/C8H5F7O4.C5H3BrF6O2.C3H5F3O.C3H3FO2.C2H2Br2O.Na/c1-3(9)5(17)18-2-4(16)19-6(7(10,11)12)8(13,14)15;6-1-2(13)14-3(4(7,8)9)5(10,11)12;1-2(7)3(4,5)6;1-2(4)3(5)6;3-1-2(4)5;/h6H,1-2H2;3H,1H2;2,7H,1H3;1H2,(H,5,6);1H2;/q;;;;;+1/p-1. The van der Waals surface area contributed by atoms with E-state index in [9.17, 15) is 93.8 Å². The number of ether oxygens (including phenoxy) is 3. The predicted molar refractivity (Wildman–Crippen MR) is 140 cm³/mol. The fourth-order valence-electron chi connectivity index (χ4n) is 1.17. The number of hydrogen-bond acceptors (Lipinski definition) is 10. The van der Waals surface area contributed by atoms with Gasteiger partial charge in [-0.3, -0.25) is 9.59 Å². The topological polar surface area (TPSA) is 156 Å². The van der Waals surface area contributed by atoms with Gasteiger partial charge in [0.25, 0.3) is 12.2 Å². The summed E-state index contributed by atoms with van der Waals surface area (Å²) < 4.78 is 207. The first kappa shape index (κ1) is 62.2. The zero-order valence-electron chi connectivity index (χ0n) is 24.9. The number of carboxylic acid groups (broad SMARTS) is 1. The number of aliphatic hydroxyl groups excluding tert-OH is 1. The number of aliphatic hydroxyl groups is 1. The molecule has 1 atom stereocenters. The van der Waals surface area contributed by atoms with Gasteiger partial charge < -0.3 is 29.2 Å². The van der Waals surface area contributed by atoms with Crippen LogP contribution in [0.5, 0.6) is 0 Å². The van der Waals surface area contributed by atoms with Gasteiger partial charge in [-0.25, -0.2) is 14.0 Å². The van der Waals surface area contributed by atoms with E-state index < -0.39 is 96.7 Å². The molecule has 1 N–H and O–H groups in total. The van der Waals surface area contributed by atoms with E-state index in [1.807, 2.05) is 0 Å². The molecule has 52 heavy (non-hydrogen) atoms. The molecule has 0 spiro atoms. The van der Waals surface area contributed by atoms with E-state index >= 15 is 0 Å². The molecule has 0 saturated carbocycles. The number of aliphatic carboxylic acids is 1. The fourth-order valence-corrected chi connectivity index (χ4v) is 1.30. The number of hydrogen-bond donors (Lipinski definition) is 1. The maximum Gasteiger partial charge on any atom is 1.00 e. The van der Waals surface area contributed by atoms with Crippen LogP contribution in [0.25, 0.3) is 0 Å². The molecule has 1 unspecified atom stereocenters. The largest absolute Gasteiger partial charge is 1.00 e. The Morgan fingerprint density at radius 2 is 0.904 bits per heavy atom. The first-order chi connectivity index (χ1) is 22.3. The number of carboxylic acids is 1. The van der Waals surface area contributed by atoms with Crippen molar-refractivity contribution in [2.45, 2.75) is 56.1 Å². The van der Waals surface area contributed by atoms with Crippen molar-refractivity contribution in [3.8, 4) is 0 Å². The van der Waals surface area contributed by atoms with Crippen LogP contribution in [0.4, 0.5) is 74.6 Å². The molecule has 31 heteroatoms. The Kier molecular flexibility index (Phi) is 33.2. The molecule has 0 aliphatic heterocycles. The Bertz CT molecular complexity index is 1100. The van der Waals surface area contributed by atoms with E-state index in [1.165, 1.54) is 0 Å². The third-order valence-electron chi connectivity index (χ3n) is 3.14. The molecule has 0 saturated heterocycles. The van der Waals surface area contributed by atoms with Crippen molar-refractivity contribution >= 4 is 76.4 Å². The maximum atomic E-state index is 12.0. The van der Waals surface area contributed by atoms with Crippen molar-refractivity contribution < 1.29 is 153 Å². The average Bonchev–Trinajstić information content (AvgIpc) is 2.91. The van der Waals surface area contributed by atoms with Gasteiger partial charge in [-0.2, -0.15) is 70.2 Å². The second-order valence-electron chi connectivity index (χ2n) is 7.42. The Morgan fingerprint density at radius 1 is 0.654 bits per heavy atom. The average molecular weight is 1020 g/mol. The normalized spacial score (nSPS) is 11.8. The Morgan fingerprint density at radius 3 is 1.06 bits per heavy atom. The summed E-state index contributed by atoms with van der Waals surface area (Å²) >= 11 is 7.97. The third kappa shape index (κ3) is 38.0. The number of alkyl halides is 17. The van der Waals surface area contributed by atoms with Crippen molar-refractivity contribution in [3.63, 3.8) is 0 Å². The van der Waals surface area contributed by atoms with Gasteiger partial charge in [-0.05, 0) is 22.9 Å². The third-order valence-corrected chi connectivity index (χ3v) is 5.14. The predicted octanol–water partition coefficient (Wildman–Crippen LogP) is 2.92. The van der Waals surface area contributed by atoms with E-state index in [0.717, 1.165) is 0 Å². The molecule has 0 radical (unpaired) electrons. The van der Waals surface area contributed by atoms with Crippen LogP contribution in [-0.4, -0.2) is 100 Å². The molecule has 0 bridgehead atoms. The van der Waals surface area contributed by atoms with Gasteiger partial charge in [0.05, 0.1) is 11.3 Å². The first-order valence-electron chi connectivity index (χ1n) is 11.1. The number of carbonyl (C=O) groups excluding carboxylic acids is 5. The number of esters is 3. The Labute approximate surface area is 325 Å². The summed E-state index contributed by atoms with van der Waals surface area (Å²) in [7, 11) is 0. The number of halogens is 20. The van der Waals surface area contributed by atoms with Gasteiger partial charge in [-0.1, -0.05) is 45.0 Å². The van der Waals surface area contributed by atoms with Crippen molar-refractivity contribution in [1.29, 1.82) is 0 Å². The van der Waals surface area contributed by atoms with Gasteiger partial charge in [0.2, 0.25) is 10.5 Å². The fraction of sp³-hybridized carbons (Fsp3) is 0.571. The molecule has 0 fully saturated rings. The quantitative estimate of drug-likeness (QED) is 0.0731. The van der Waals surface area contributed by atoms with Gasteiger partial charge in [0.1, 0.15) is 17.3 Å². The molecule has 0 aromatic rings. The van der Waals surface area contributed by atoms with Gasteiger partial charge >= 0.3 is 78.3 Å². The van der Waals surface area contributed by atoms with E-state index in [-0.39, 0.29) is 34.2 Å². The molecule has 0 aliphatic carbocycles. The zero-order valence-corrected chi connectivity index (χ0v) is 31.7. The molecule has 0 rings (SSSR count). The maximum absolute atomic E-state index is 12.0. The van der Waals surface area contributed by atoms with E-state index in [1.54, 1.807) is 0 Å². The molecular weight excluding hydrogens is 998 g/mol. The van der Waals surface area contributed by atoms with E-state index in [0.29, 0.717) is 12.3 Å². The second-order valence-corrected chi connectivity index (χ2v) is 9.43. The number of rotatable bonds is 8. The van der Waals surface area contributed by atoms with Crippen LogP contribution >= 0.6 is 47.8 Å². The zero-order chi connectivity index (χ0) is 42.5. The summed E-state index contributed by atoms with van der Waals surface area (Å²) in [5, 5.41) is 16.5. The Balaban J connectivity index is -0.000000140. The van der Waals surface area contributed by atoms with E-state index in [2.05, 4.69) is 75.2 Å². The van der Waals surface area contributed by atoms with Crippen molar-refractivity contribution in [2.75, 3.05) is 17.3 Å². The molecule has 0 amide bonds. The Hall–Kier alpha value is -1.76. The van der Waals surface area contributed by atoms with Crippen molar-refractivity contribution in [1.82, 2.24) is 0 Å². The molecule has 0 aromatic carbocycles. The monoisotopic (exact) mass is 1010 g/mol.